The van der Waals surface area contributed by atoms with E-state index in [-0.39, 0.29) is 5.91 Å². The topological polar surface area (TPSA) is 45.5 Å². The Morgan fingerprint density at radius 1 is 1.47 bits per heavy atom. The number of furan rings is 1. The molecule has 0 spiro atoms. The zero-order chi connectivity index (χ0) is 12.1. The molecule has 1 N–H and O–H groups in total. The van der Waals surface area contributed by atoms with Crippen LogP contribution in [0.15, 0.2) is 16.7 Å². The third kappa shape index (κ3) is 3.33. The smallest absolute Gasteiger partial charge is 0.223 e. The Labute approximate surface area is 102 Å². The number of hydrogen-bond acceptors (Lipinski definition) is 3. The summed E-state index contributed by atoms with van der Waals surface area (Å²) in [5.41, 5.74) is 1.16. The van der Waals surface area contributed by atoms with E-state index in [4.69, 9.17) is 4.42 Å². The summed E-state index contributed by atoms with van der Waals surface area (Å²) in [6, 6.07) is 1.95. The zero-order valence-electron chi connectivity index (χ0n) is 10.4. The highest BCUT2D eigenvalue weighted by Gasteiger charge is 2.16. The molecule has 1 aliphatic rings. The monoisotopic (exact) mass is 236 g/mol. The van der Waals surface area contributed by atoms with E-state index >= 15 is 0 Å². The maximum absolute atomic E-state index is 11.7. The summed E-state index contributed by atoms with van der Waals surface area (Å²) < 4.78 is 5.31. The van der Waals surface area contributed by atoms with Gasteiger partial charge in [-0.3, -0.25) is 4.79 Å². The molecular weight excluding hydrogens is 216 g/mol. The molecule has 0 aliphatic carbocycles. The Balaban J connectivity index is 1.63. The zero-order valence-corrected chi connectivity index (χ0v) is 10.4. The number of nitrogens with one attached hydrogen (secondary N) is 1. The summed E-state index contributed by atoms with van der Waals surface area (Å²) in [5, 5.41) is 3.24. The summed E-state index contributed by atoms with van der Waals surface area (Å²) >= 11 is 0. The molecule has 0 atom stereocenters. The van der Waals surface area contributed by atoms with Gasteiger partial charge in [0.1, 0.15) is 5.76 Å². The molecule has 17 heavy (non-hydrogen) atoms. The van der Waals surface area contributed by atoms with Gasteiger partial charge in [0.2, 0.25) is 5.91 Å². The van der Waals surface area contributed by atoms with E-state index in [2.05, 4.69) is 5.32 Å². The van der Waals surface area contributed by atoms with Crippen molar-refractivity contribution in [3.63, 3.8) is 0 Å². The van der Waals surface area contributed by atoms with E-state index in [0.717, 1.165) is 43.8 Å². The van der Waals surface area contributed by atoms with Crippen molar-refractivity contribution in [2.24, 2.45) is 0 Å². The molecule has 2 heterocycles. The van der Waals surface area contributed by atoms with Crippen molar-refractivity contribution in [3.8, 4) is 0 Å². The largest absolute Gasteiger partial charge is 0.468 e. The highest BCUT2D eigenvalue weighted by Crippen LogP contribution is 2.09. The van der Waals surface area contributed by atoms with E-state index in [1.54, 1.807) is 6.26 Å². The molecule has 94 valence electrons. The molecule has 1 aromatic rings. The molecule has 1 fully saturated rings. The fourth-order valence-electron chi connectivity index (χ4n) is 2.11. The molecule has 1 saturated heterocycles. The highest BCUT2D eigenvalue weighted by molar-refractivity contribution is 5.76. The van der Waals surface area contributed by atoms with Crippen molar-refractivity contribution in [2.45, 2.75) is 32.7 Å². The van der Waals surface area contributed by atoms with Gasteiger partial charge in [-0.25, -0.2) is 0 Å². The molecule has 0 saturated carbocycles. The maximum Gasteiger partial charge on any atom is 0.223 e. The number of aryl methyl sites for hydroxylation is 1. The lowest BCUT2D eigenvalue weighted by molar-refractivity contribution is -0.130. The van der Waals surface area contributed by atoms with Crippen LogP contribution in [0.2, 0.25) is 0 Å². The summed E-state index contributed by atoms with van der Waals surface area (Å²) in [4.78, 5) is 13.7. The number of amides is 1. The van der Waals surface area contributed by atoms with E-state index in [1.165, 1.54) is 0 Å². The fourth-order valence-corrected chi connectivity index (χ4v) is 2.11. The molecule has 1 aromatic heterocycles. The van der Waals surface area contributed by atoms with E-state index in [0.29, 0.717) is 13.0 Å². The minimum absolute atomic E-state index is 0.270. The number of carbonyl (C=O) groups excluding carboxylic acids is 1. The van der Waals surface area contributed by atoms with Crippen LogP contribution >= 0.6 is 0 Å². The van der Waals surface area contributed by atoms with Gasteiger partial charge >= 0.3 is 0 Å². The normalized spacial score (nSPS) is 15.5. The molecule has 0 bridgehead atoms. The van der Waals surface area contributed by atoms with Gasteiger partial charge < -0.3 is 14.6 Å². The van der Waals surface area contributed by atoms with Gasteiger partial charge in [0.05, 0.1) is 12.8 Å². The standard InChI is InChI=1S/C13H20N2O2/c1-11-5-9-17-12(11)10-14-6-4-13(16)15-7-2-3-8-15/h5,9,14H,2-4,6-8,10H2,1H3. The molecule has 1 aliphatic heterocycles. The first-order valence-corrected chi connectivity index (χ1v) is 6.29. The molecule has 0 aromatic carbocycles. The summed E-state index contributed by atoms with van der Waals surface area (Å²) in [6.07, 6.45) is 4.59. The first-order chi connectivity index (χ1) is 8.27. The van der Waals surface area contributed by atoms with Gasteiger partial charge in [-0.15, -0.1) is 0 Å². The van der Waals surface area contributed by atoms with Gasteiger partial charge in [-0.1, -0.05) is 0 Å². The van der Waals surface area contributed by atoms with Crippen LogP contribution in [-0.2, 0) is 11.3 Å². The Morgan fingerprint density at radius 2 is 2.24 bits per heavy atom. The van der Waals surface area contributed by atoms with Crippen molar-refractivity contribution in [3.05, 3.63) is 23.7 Å². The van der Waals surface area contributed by atoms with Gasteiger partial charge in [0, 0.05) is 26.1 Å². The van der Waals surface area contributed by atoms with E-state index < -0.39 is 0 Å². The highest BCUT2D eigenvalue weighted by atomic mass is 16.3. The number of nitrogens with zero attached hydrogens (tertiary/aromatic N) is 1. The fraction of sp³-hybridized carbons (Fsp3) is 0.615. The minimum Gasteiger partial charge on any atom is -0.468 e. The molecule has 4 heteroatoms. The molecule has 4 nitrogen and oxygen atoms in total. The molecule has 0 unspecified atom stereocenters. The summed E-state index contributed by atoms with van der Waals surface area (Å²) in [5.74, 6) is 1.23. The molecule has 1 amide bonds. The van der Waals surface area contributed by atoms with Crippen LogP contribution in [0, 0.1) is 6.92 Å². The van der Waals surface area contributed by atoms with Crippen molar-refractivity contribution in [1.29, 1.82) is 0 Å². The van der Waals surface area contributed by atoms with Gasteiger partial charge in [-0.2, -0.15) is 0 Å². The van der Waals surface area contributed by atoms with Gasteiger partial charge in [0.25, 0.3) is 0 Å². The third-order valence-electron chi connectivity index (χ3n) is 3.23. The number of hydrogen-bond donors (Lipinski definition) is 1. The van der Waals surface area contributed by atoms with E-state index in [9.17, 15) is 4.79 Å². The van der Waals surface area contributed by atoms with Crippen LogP contribution in [0.3, 0.4) is 0 Å². The average molecular weight is 236 g/mol. The Hall–Kier alpha value is -1.29. The van der Waals surface area contributed by atoms with Gasteiger partial charge in [0.15, 0.2) is 0 Å². The average Bonchev–Trinajstić information content (AvgIpc) is 2.96. The second kappa shape index (κ2) is 5.87. The third-order valence-corrected chi connectivity index (χ3v) is 3.23. The second-order valence-electron chi connectivity index (χ2n) is 4.54. The van der Waals surface area contributed by atoms with Crippen LogP contribution in [0.25, 0.3) is 0 Å². The second-order valence-corrected chi connectivity index (χ2v) is 4.54. The van der Waals surface area contributed by atoms with Crippen LogP contribution < -0.4 is 5.32 Å². The lowest BCUT2D eigenvalue weighted by Gasteiger charge is -2.14. The van der Waals surface area contributed by atoms with E-state index in [1.807, 2.05) is 17.9 Å². The SMILES string of the molecule is Cc1ccoc1CNCCC(=O)N1CCCC1. The quantitative estimate of drug-likeness (QED) is 0.791. The van der Waals surface area contributed by atoms with Crippen LogP contribution in [0.4, 0.5) is 0 Å². The van der Waals surface area contributed by atoms with Crippen molar-refractivity contribution in [1.82, 2.24) is 10.2 Å². The van der Waals surface area contributed by atoms with Crippen molar-refractivity contribution < 1.29 is 9.21 Å². The van der Waals surface area contributed by atoms with Crippen LogP contribution in [0.1, 0.15) is 30.6 Å². The maximum atomic E-state index is 11.7. The Bertz CT molecular complexity index is 367. The van der Waals surface area contributed by atoms with Crippen LogP contribution in [-0.4, -0.2) is 30.4 Å². The van der Waals surface area contributed by atoms with Crippen molar-refractivity contribution in [2.75, 3.05) is 19.6 Å². The lowest BCUT2D eigenvalue weighted by Crippen LogP contribution is -2.30. The van der Waals surface area contributed by atoms with Gasteiger partial charge in [-0.05, 0) is 31.4 Å². The molecular formula is C13H20N2O2. The Kier molecular flexibility index (Phi) is 4.20. The number of likely N-dealkylation sites (tertiary alicyclic amines) is 1. The molecule has 2 rings (SSSR count). The first-order valence-electron chi connectivity index (χ1n) is 6.29. The van der Waals surface area contributed by atoms with Crippen LogP contribution in [0.5, 0.6) is 0 Å². The predicted molar refractivity (Wildman–Crippen MR) is 65.6 cm³/mol. The first kappa shape index (κ1) is 12.2. The van der Waals surface area contributed by atoms with Crippen molar-refractivity contribution >= 4 is 5.91 Å². The Morgan fingerprint density at radius 3 is 2.88 bits per heavy atom. The summed E-state index contributed by atoms with van der Waals surface area (Å²) in [6.45, 7) is 5.32. The number of rotatable bonds is 5. The lowest BCUT2D eigenvalue weighted by atomic mass is 10.3. The molecule has 0 radical (unpaired) electrons. The minimum atomic E-state index is 0.270. The number of carbonyl (C=O) groups is 1. The predicted octanol–water partition coefficient (Wildman–Crippen LogP) is 1.69. The summed E-state index contributed by atoms with van der Waals surface area (Å²) in [7, 11) is 0.